The number of carbonyl (C=O) groups is 1. The lowest BCUT2D eigenvalue weighted by Crippen LogP contribution is -3.14. The average molecular weight is 384 g/mol. The summed E-state index contributed by atoms with van der Waals surface area (Å²) in [5.41, 5.74) is 2.11. The molecule has 1 aromatic carbocycles. The molecule has 4 nitrogen and oxygen atoms in total. The Balaban J connectivity index is 1.23. The summed E-state index contributed by atoms with van der Waals surface area (Å²) in [6, 6.07) is 11.2. The van der Waals surface area contributed by atoms with Crippen molar-refractivity contribution in [3.05, 3.63) is 35.9 Å². The molecule has 28 heavy (non-hydrogen) atoms. The number of amides is 1. The summed E-state index contributed by atoms with van der Waals surface area (Å²) in [5, 5.41) is 3.26. The molecule has 0 radical (unpaired) electrons. The summed E-state index contributed by atoms with van der Waals surface area (Å²) in [4.78, 5) is 14.4. The first-order valence-electron chi connectivity index (χ1n) is 11.4. The number of hydrogen-bond donors (Lipinski definition) is 2. The van der Waals surface area contributed by atoms with Gasteiger partial charge in [-0.1, -0.05) is 30.3 Å². The van der Waals surface area contributed by atoms with Gasteiger partial charge in [0.05, 0.1) is 26.3 Å². The third-order valence-corrected chi connectivity index (χ3v) is 8.10. The van der Waals surface area contributed by atoms with Crippen LogP contribution in [0.2, 0.25) is 0 Å². The van der Waals surface area contributed by atoms with E-state index in [4.69, 9.17) is 4.74 Å². The van der Waals surface area contributed by atoms with E-state index in [-0.39, 0.29) is 11.3 Å². The molecule has 6 rings (SSSR count). The molecule has 0 spiro atoms. The number of quaternary nitrogens is 1. The Morgan fingerprint density at radius 3 is 2.50 bits per heavy atom. The Labute approximate surface area is 169 Å². The van der Waals surface area contributed by atoms with Gasteiger partial charge in [-0.25, -0.2) is 0 Å². The van der Waals surface area contributed by atoms with E-state index in [0.717, 1.165) is 57.6 Å². The number of ether oxygens (including phenoxy) is 1. The van der Waals surface area contributed by atoms with E-state index in [9.17, 15) is 4.79 Å². The fourth-order valence-electron chi connectivity index (χ4n) is 7.48. The smallest absolute Gasteiger partial charge is 0.220 e. The van der Waals surface area contributed by atoms with Crippen LogP contribution in [-0.4, -0.2) is 45.3 Å². The number of benzene rings is 1. The van der Waals surface area contributed by atoms with Crippen molar-refractivity contribution in [2.24, 2.45) is 17.3 Å². The van der Waals surface area contributed by atoms with Gasteiger partial charge in [-0.15, -0.1) is 0 Å². The van der Waals surface area contributed by atoms with E-state index in [0.29, 0.717) is 5.41 Å². The standard InChI is InChI=1S/C24H34N2O2/c27-22(25-6-7-26-8-10-28-11-9-26)17-23-13-19-12-20(14-23)16-24(15-19,18-23)21-4-2-1-3-5-21/h1-5,19-20H,6-18H2,(H,25,27)/p+1/t19-,20+,23?,24?. The molecule has 1 aromatic rings. The predicted molar refractivity (Wildman–Crippen MR) is 109 cm³/mol. The van der Waals surface area contributed by atoms with Gasteiger partial charge in [0.1, 0.15) is 13.1 Å². The van der Waals surface area contributed by atoms with Crippen molar-refractivity contribution in [1.82, 2.24) is 5.32 Å². The lowest BCUT2D eigenvalue weighted by molar-refractivity contribution is -0.906. The van der Waals surface area contributed by atoms with Gasteiger partial charge in [0.15, 0.2) is 0 Å². The summed E-state index contributed by atoms with van der Waals surface area (Å²) in [6.45, 7) is 5.70. The monoisotopic (exact) mass is 383 g/mol. The Hall–Kier alpha value is -1.39. The quantitative estimate of drug-likeness (QED) is 0.789. The fraction of sp³-hybridized carbons (Fsp3) is 0.708. The zero-order chi connectivity index (χ0) is 19.0. The van der Waals surface area contributed by atoms with Gasteiger partial charge in [-0.05, 0) is 66.8 Å². The lowest BCUT2D eigenvalue weighted by atomic mass is 9.42. The van der Waals surface area contributed by atoms with Gasteiger partial charge in [0.25, 0.3) is 0 Å². The summed E-state index contributed by atoms with van der Waals surface area (Å²) >= 11 is 0. The van der Waals surface area contributed by atoms with Crippen LogP contribution in [0.3, 0.4) is 0 Å². The van der Waals surface area contributed by atoms with E-state index in [1.165, 1.54) is 44.1 Å². The molecule has 4 saturated carbocycles. The molecule has 1 aliphatic heterocycles. The van der Waals surface area contributed by atoms with Gasteiger partial charge in [-0.2, -0.15) is 0 Å². The molecule has 1 heterocycles. The molecule has 2 N–H and O–H groups in total. The van der Waals surface area contributed by atoms with Crippen molar-refractivity contribution in [2.45, 2.75) is 50.4 Å². The van der Waals surface area contributed by atoms with Crippen molar-refractivity contribution in [1.29, 1.82) is 0 Å². The van der Waals surface area contributed by atoms with Crippen LogP contribution in [0.5, 0.6) is 0 Å². The maximum atomic E-state index is 12.9. The van der Waals surface area contributed by atoms with Crippen LogP contribution >= 0.6 is 0 Å². The van der Waals surface area contributed by atoms with E-state index in [2.05, 4.69) is 35.6 Å². The number of carbonyl (C=O) groups excluding carboxylic acids is 1. The van der Waals surface area contributed by atoms with Crippen molar-refractivity contribution in [2.75, 3.05) is 39.4 Å². The van der Waals surface area contributed by atoms with Gasteiger partial charge >= 0.3 is 0 Å². The molecule has 4 atom stereocenters. The Morgan fingerprint density at radius 2 is 1.79 bits per heavy atom. The van der Waals surface area contributed by atoms with Crippen molar-refractivity contribution < 1.29 is 14.4 Å². The largest absolute Gasteiger partial charge is 0.370 e. The van der Waals surface area contributed by atoms with E-state index >= 15 is 0 Å². The zero-order valence-corrected chi connectivity index (χ0v) is 17.1. The highest BCUT2D eigenvalue weighted by Crippen LogP contribution is 2.66. The van der Waals surface area contributed by atoms with Crippen LogP contribution in [0.15, 0.2) is 30.3 Å². The maximum absolute atomic E-state index is 12.9. The van der Waals surface area contributed by atoms with Crippen LogP contribution in [0.25, 0.3) is 0 Å². The molecule has 0 aromatic heterocycles. The fourth-order valence-corrected chi connectivity index (χ4v) is 7.48. The number of nitrogens with one attached hydrogen (secondary N) is 2. The Bertz CT molecular complexity index is 684. The first-order chi connectivity index (χ1) is 13.6. The molecule has 4 aliphatic carbocycles. The molecule has 5 fully saturated rings. The number of morpholine rings is 1. The summed E-state index contributed by atoms with van der Waals surface area (Å²) < 4.78 is 5.42. The minimum atomic E-state index is 0.246. The maximum Gasteiger partial charge on any atom is 0.220 e. The second kappa shape index (κ2) is 7.46. The number of rotatable bonds is 6. The lowest BCUT2D eigenvalue weighted by Gasteiger charge is -2.62. The Morgan fingerprint density at radius 1 is 1.07 bits per heavy atom. The van der Waals surface area contributed by atoms with Gasteiger partial charge in [0, 0.05) is 6.42 Å². The average Bonchev–Trinajstić information content (AvgIpc) is 2.68. The van der Waals surface area contributed by atoms with Crippen LogP contribution in [0, 0.1) is 17.3 Å². The van der Waals surface area contributed by atoms with Crippen LogP contribution < -0.4 is 10.2 Å². The topological polar surface area (TPSA) is 42.8 Å². The predicted octanol–water partition coefficient (Wildman–Crippen LogP) is 1.95. The molecule has 152 valence electrons. The van der Waals surface area contributed by atoms with Crippen molar-refractivity contribution >= 4 is 5.91 Å². The Kier molecular flexibility index (Phi) is 4.96. The van der Waals surface area contributed by atoms with Crippen LogP contribution in [0.4, 0.5) is 0 Å². The minimum Gasteiger partial charge on any atom is -0.370 e. The normalized spacial score (nSPS) is 37.1. The molecule has 5 aliphatic rings. The summed E-state index contributed by atoms with van der Waals surface area (Å²) in [6.07, 6.45) is 8.61. The van der Waals surface area contributed by atoms with Crippen molar-refractivity contribution in [3.8, 4) is 0 Å². The molecule has 2 unspecified atom stereocenters. The number of hydrogen-bond acceptors (Lipinski definition) is 2. The van der Waals surface area contributed by atoms with Crippen molar-refractivity contribution in [3.63, 3.8) is 0 Å². The molecule has 1 saturated heterocycles. The molecule has 4 bridgehead atoms. The zero-order valence-electron chi connectivity index (χ0n) is 17.1. The molecular weight excluding hydrogens is 348 g/mol. The van der Waals surface area contributed by atoms with E-state index in [1.54, 1.807) is 4.90 Å². The highest BCUT2D eigenvalue weighted by atomic mass is 16.5. The molecule has 1 amide bonds. The minimum absolute atomic E-state index is 0.246. The second-order valence-electron chi connectivity index (χ2n) is 10.2. The summed E-state index contributed by atoms with van der Waals surface area (Å²) in [7, 11) is 0. The first kappa shape index (κ1) is 18.6. The van der Waals surface area contributed by atoms with E-state index in [1.807, 2.05) is 0 Å². The second-order valence-corrected chi connectivity index (χ2v) is 10.2. The molecular formula is C24H35N2O2+. The van der Waals surface area contributed by atoms with Gasteiger partial charge in [0.2, 0.25) is 5.91 Å². The first-order valence-corrected chi connectivity index (χ1v) is 11.4. The highest BCUT2D eigenvalue weighted by molar-refractivity contribution is 5.76. The third-order valence-electron chi connectivity index (χ3n) is 8.10. The van der Waals surface area contributed by atoms with E-state index < -0.39 is 0 Å². The highest BCUT2D eigenvalue weighted by Gasteiger charge is 2.58. The third kappa shape index (κ3) is 3.61. The van der Waals surface area contributed by atoms with Gasteiger partial charge in [-0.3, -0.25) is 4.79 Å². The summed E-state index contributed by atoms with van der Waals surface area (Å²) in [5.74, 6) is 1.94. The van der Waals surface area contributed by atoms with Gasteiger partial charge < -0.3 is 15.0 Å². The van der Waals surface area contributed by atoms with Crippen LogP contribution in [0.1, 0.15) is 50.5 Å². The SMILES string of the molecule is O=C(CC12C[C@H]3C[C@@H](C1)CC(c1ccccc1)(C3)C2)NCC[NH+]1CCOCC1. The van der Waals surface area contributed by atoms with Crippen LogP contribution in [-0.2, 0) is 14.9 Å². The molecule has 4 heteroatoms.